The first-order chi connectivity index (χ1) is 7.36. The predicted octanol–water partition coefficient (Wildman–Crippen LogP) is 2.64. The highest BCUT2D eigenvalue weighted by Gasteiger charge is 2.06. The van der Waals surface area contributed by atoms with Crippen LogP contribution in [0.2, 0.25) is 0 Å². The molecule has 1 heterocycles. The Morgan fingerprint density at radius 3 is 2.87 bits per heavy atom. The molecule has 1 N–H and O–H groups in total. The standard InChI is InChI=1S/C11H13N3S/c1-12-11-13-7-8-14(11)9-5-3-4-6-10(9)15-2/h3-8H,1-2H3,(H,12,13). The maximum Gasteiger partial charge on any atom is 0.207 e. The molecule has 0 aliphatic rings. The van der Waals surface area contributed by atoms with Crippen LogP contribution >= 0.6 is 11.8 Å². The number of imidazole rings is 1. The quantitative estimate of drug-likeness (QED) is 0.805. The van der Waals surface area contributed by atoms with Crippen molar-refractivity contribution in [1.82, 2.24) is 9.55 Å². The van der Waals surface area contributed by atoms with E-state index in [4.69, 9.17) is 0 Å². The van der Waals surface area contributed by atoms with Gasteiger partial charge in [0.25, 0.3) is 0 Å². The van der Waals surface area contributed by atoms with Crippen LogP contribution in [0.4, 0.5) is 5.95 Å². The minimum atomic E-state index is 0.858. The molecule has 4 heteroatoms. The van der Waals surface area contributed by atoms with E-state index in [9.17, 15) is 0 Å². The summed E-state index contributed by atoms with van der Waals surface area (Å²) in [6.45, 7) is 0. The normalized spacial score (nSPS) is 10.3. The van der Waals surface area contributed by atoms with E-state index in [2.05, 4.69) is 28.7 Å². The largest absolute Gasteiger partial charge is 0.358 e. The van der Waals surface area contributed by atoms with Crippen molar-refractivity contribution in [3.8, 4) is 5.69 Å². The molecule has 0 unspecified atom stereocenters. The topological polar surface area (TPSA) is 29.9 Å². The van der Waals surface area contributed by atoms with Crippen LogP contribution in [0.5, 0.6) is 0 Å². The van der Waals surface area contributed by atoms with Gasteiger partial charge in [-0.2, -0.15) is 0 Å². The number of nitrogens with one attached hydrogen (secondary N) is 1. The molecule has 1 aromatic heterocycles. The first-order valence-corrected chi connectivity index (χ1v) is 5.94. The van der Waals surface area contributed by atoms with Crippen LogP contribution in [-0.4, -0.2) is 22.9 Å². The van der Waals surface area contributed by atoms with Crippen molar-refractivity contribution in [2.24, 2.45) is 0 Å². The number of hydrogen-bond donors (Lipinski definition) is 1. The van der Waals surface area contributed by atoms with Crippen LogP contribution < -0.4 is 5.32 Å². The molecule has 2 aromatic rings. The first-order valence-electron chi connectivity index (χ1n) is 4.71. The first kappa shape index (κ1) is 10.1. The Morgan fingerprint density at radius 1 is 1.33 bits per heavy atom. The van der Waals surface area contributed by atoms with E-state index >= 15 is 0 Å². The summed E-state index contributed by atoms with van der Waals surface area (Å²) in [5.41, 5.74) is 1.16. The van der Waals surface area contributed by atoms with Gasteiger partial charge in [-0.15, -0.1) is 11.8 Å². The summed E-state index contributed by atoms with van der Waals surface area (Å²) >= 11 is 1.74. The van der Waals surface area contributed by atoms with Crippen molar-refractivity contribution in [2.45, 2.75) is 4.90 Å². The Morgan fingerprint density at radius 2 is 2.13 bits per heavy atom. The van der Waals surface area contributed by atoms with Crippen LogP contribution in [0.15, 0.2) is 41.6 Å². The number of para-hydroxylation sites is 1. The number of hydrogen-bond acceptors (Lipinski definition) is 3. The molecule has 0 spiro atoms. The Kier molecular flexibility index (Phi) is 2.97. The third-order valence-corrected chi connectivity index (χ3v) is 2.99. The molecule has 0 amide bonds. The molecule has 0 radical (unpaired) electrons. The fraction of sp³-hybridized carbons (Fsp3) is 0.182. The van der Waals surface area contributed by atoms with Gasteiger partial charge in [-0.25, -0.2) is 4.98 Å². The second-order valence-corrected chi connectivity index (χ2v) is 3.89. The summed E-state index contributed by atoms with van der Waals surface area (Å²) in [5, 5.41) is 3.07. The molecular weight excluding hydrogens is 206 g/mol. The maximum atomic E-state index is 4.23. The van der Waals surface area contributed by atoms with Crippen molar-refractivity contribution in [3.05, 3.63) is 36.7 Å². The summed E-state index contributed by atoms with van der Waals surface area (Å²) in [5.74, 6) is 0.858. The van der Waals surface area contributed by atoms with Crippen molar-refractivity contribution < 1.29 is 0 Å². The van der Waals surface area contributed by atoms with Crippen molar-refractivity contribution in [1.29, 1.82) is 0 Å². The molecule has 78 valence electrons. The lowest BCUT2D eigenvalue weighted by Gasteiger charge is -2.10. The number of nitrogens with zero attached hydrogens (tertiary/aromatic N) is 2. The molecule has 0 atom stereocenters. The third-order valence-electron chi connectivity index (χ3n) is 2.21. The van der Waals surface area contributed by atoms with Gasteiger partial charge < -0.3 is 5.32 Å². The summed E-state index contributed by atoms with van der Waals surface area (Å²) in [7, 11) is 1.88. The van der Waals surface area contributed by atoms with Gasteiger partial charge in [0.15, 0.2) is 0 Å². The molecule has 2 rings (SSSR count). The fourth-order valence-electron chi connectivity index (χ4n) is 1.51. The van der Waals surface area contributed by atoms with Gasteiger partial charge in [-0.1, -0.05) is 12.1 Å². The van der Waals surface area contributed by atoms with Crippen LogP contribution in [0.1, 0.15) is 0 Å². The number of anilines is 1. The maximum absolute atomic E-state index is 4.23. The van der Waals surface area contributed by atoms with Crippen molar-refractivity contribution in [3.63, 3.8) is 0 Å². The molecule has 15 heavy (non-hydrogen) atoms. The Balaban J connectivity index is 2.53. The van der Waals surface area contributed by atoms with E-state index in [-0.39, 0.29) is 0 Å². The smallest absolute Gasteiger partial charge is 0.207 e. The van der Waals surface area contributed by atoms with Gasteiger partial charge in [0.05, 0.1) is 5.69 Å². The number of aromatic nitrogens is 2. The number of thioether (sulfide) groups is 1. The van der Waals surface area contributed by atoms with E-state index in [1.165, 1.54) is 4.90 Å². The minimum absolute atomic E-state index is 0.858. The number of benzene rings is 1. The van der Waals surface area contributed by atoms with Crippen LogP contribution in [0, 0.1) is 0 Å². The lowest BCUT2D eigenvalue weighted by Crippen LogP contribution is -2.01. The molecular formula is C11H13N3S. The zero-order chi connectivity index (χ0) is 10.7. The highest BCUT2D eigenvalue weighted by Crippen LogP contribution is 2.25. The number of rotatable bonds is 3. The summed E-state index contributed by atoms with van der Waals surface area (Å²) in [6, 6.07) is 8.29. The van der Waals surface area contributed by atoms with Gasteiger partial charge in [0, 0.05) is 24.3 Å². The lowest BCUT2D eigenvalue weighted by molar-refractivity contribution is 1.02. The molecule has 3 nitrogen and oxygen atoms in total. The second-order valence-electron chi connectivity index (χ2n) is 3.04. The van der Waals surface area contributed by atoms with Crippen LogP contribution in [-0.2, 0) is 0 Å². The molecule has 0 aliphatic heterocycles. The molecule has 1 aromatic carbocycles. The minimum Gasteiger partial charge on any atom is -0.358 e. The van der Waals surface area contributed by atoms with Gasteiger partial charge in [0.1, 0.15) is 0 Å². The zero-order valence-corrected chi connectivity index (χ0v) is 9.58. The molecule has 0 fully saturated rings. The fourth-order valence-corrected chi connectivity index (χ4v) is 2.10. The Labute approximate surface area is 93.5 Å². The highest BCUT2D eigenvalue weighted by molar-refractivity contribution is 7.98. The van der Waals surface area contributed by atoms with E-state index in [1.807, 2.05) is 29.9 Å². The summed E-state index contributed by atoms with van der Waals surface area (Å²) in [4.78, 5) is 5.47. The monoisotopic (exact) mass is 219 g/mol. The summed E-state index contributed by atoms with van der Waals surface area (Å²) < 4.78 is 2.05. The van der Waals surface area contributed by atoms with Crippen molar-refractivity contribution >= 4 is 17.7 Å². The second kappa shape index (κ2) is 4.40. The van der Waals surface area contributed by atoms with Crippen LogP contribution in [0.25, 0.3) is 5.69 Å². The van der Waals surface area contributed by atoms with Crippen molar-refractivity contribution in [2.75, 3.05) is 18.6 Å². The van der Waals surface area contributed by atoms with Gasteiger partial charge in [-0.05, 0) is 18.4 Å². The van der Waals surface area contributed by atoms with Gasteiger partial charge in [-0.3, -0.25) is 4.57 Å². The summed E-state index contributed by atoms with van der Waals surface area (Å²) in [6.07, 6.45) is 5.83. The van der Waals surface area contributed by atoms with E-state index < -0.39 is 0 Å². The predicted molar refractivity (Wildman–Crippen MR) is 64.9 cm³/mol. The van der Waals surface area contributed by atoms with Crippen LogP contribution in [0.3, 0.4) is 0 Å². The lowest BCUT2D eigenvalue weighted by atomic mass is 10.3. The average Bonchev–Trinajstić information content (AvgIpc) is 2.76. The average molecular weight is 219 g/mol. The molecule has 0 saturated heterocycles. The Bertz CT molecular complexity index is 451. The zero-order valence-electron chi connectivity index (χ0n) is 8.77. The van der Waals surface area contributed by atoms with E-state index in [0.29, 0.717) is 0 Å². The SMILES string of the molecule is CNc1nccn1-c1ccccc1SC. The molecule has 0 saturated carbocycles. The van der Waals surface area contributed by atoms with E-state index in [0.717, 1.165) is 11.6 Å². The van der Waals surface area contributed by atoms with Gasteiger partial charge >= 0.3 is 0 Å². The van der Waals surface area contributed by atoms with Gasteiger partial charge in [0.2, 0.25) is 5.95 Å². The highest BCUT2D eigenvalue weighted by atomic mass is 32.2. The molecule has 0 bridgehead atoms. The molecule has 0 aliphatic carbocycles. The Hall–Kier alpha value is -1.42. The van der Waals surface area contributed by atoms with E-state index in [1.54, 1.807) is 18.0 Å². The third kappa shape index (κ3) is 1.85.